The van der Waals surface area contributed by atoms with Crippen molar-refractivity contribution in [1.82, 2.24) is 14.8 Å². The van der Waals surface area contributed by atoms with Gasteiger partial charge in [-0.3, -0.25) is 9.48 Å². The highest BCUT2D eigenvalue weighted by atomic mass is 16.1. The van der Waals surface area contributed by atoms with E-state index in [1.54, 1.807) is 10.9 Å². The highest BCUT2D eigenvalue weighted by Gasteiger charge is 2.32. The summed E-state index contributed by atoms with van der Waals surface area (Å²) < 4.78 is 1.77. The van der Waals surface area contributed by atoms with Crippen molar-refractivity contribution < 1.29 is 4.79 Å². The second kappa shape index (κ2) is 6.19. The minimum atomic E-state index is 0.120. The fourth-order valence-electron chi connectivity index (χ4n) is 3.84. The van der Waals surface area contributed by atoms with Gasteiger partial charge in [0.25, 0.3) is 0 Å². The minimum absolute atomic E-state index is 0.120. The van der Waals surface area contributed by atoms with Crippen molar-refractivity contribution in [2.75, 3.05) is 5.32 Å². The maximum atomic E-state index is 12.6. The van der Waals surface area contributed by atoms with Crippen LogP contribution in [0.4, 0.5) is 5.69 Å². The third-order valence-corrected chi connectivity index (χ3v) is 5.45. The SMILES string of the molecule is Cc1nn(C)c2ncc(NC(=O)C3CCC(C(C)(C)C)CC3)cc12. The first-order valence-electron chi connectivity index (χ1n) is 8.86. The van der Waals surface area contributed by atoms with Crippen LogP contribution in [-0.2, 0) is 11.8 Å². The zero-order chi connectivity index (χ0) is 17.5. The quantitative estimate of drug-likeness (QED) is 0.904. The number of carbonyl (C=O) groups is 1. The number of fused-ring (bicyclic) bond motifs is 1. The highest BCUT2D eigenvalue weighted by molar-refractivity contribution is 5.94. The Bertz CT molecular complexity index is 749. The number of anilines is 1. The van der Waals surface area contributed by atoms with E-state index in [1.165, 1.54) is 0 Å². The maximum Gasteiger partial charge on any atom is 0.227 e. The summed E-state index contributed by atoms with van der Waals surface area (Å²) in [6.07, 6.45) is 5.97. The van der Waals surface area contributed by atoms with E-state index in [0.29, 0.717) is 5.41 Å². The summed E-state index contributed by atoms with van der Waals surface area (Å²) in [5.74, 6) is 0.969. The van der Waals surface area contributed by atoms with Crippen molar-refractivity contribution in [2.24, 2.45) is 24.3 Å². The molecule has 0 aliphatic heterocycles. The van der Waals surface area contributed by atoms with E-state index in [9.17, 15) is 4.79 Å². The smallest absolute Gasteiger partial charge is 0.227 e. The van der Waals surface area contributed by atoms with Gasteiger partial charge in [-0.05, 0) is 50.0 Å². The van der Waals surface area contributed by atoms with E-state index in [0.717, 1.165) is 54.0 Å². The van der Waals surface area contributed by atoms with Gasteiger partial charge in [0.05, 0.1) is 17.6 Å². The molecule has 0 radical (unpaired) electrons. The van der Waals surface area contributed by atoms with Crippen molar-refractivity contribution in [3.8, 4) is 0 Å². The fraction of sp³-hybridized carbons (Fsp3) is 0.632. The first-order valence-corrected chi connectivity index (χ1v) is 8.86. The van der Waals surface area contributed by atoms with Crippen LogP contribution in [0.25, 0.3) is 11.0 Å². The lowest BCUT2D eigenvalue weighted by atomic mass is 9.69. The number of rotatable bonds is 2. The van der Waals surface area contributed by atoms with Gasteiger partial charge in [0.15, 0.2) is 5.65 Å². The molecule has 0 atom stereocenters. The molecule has 0 saturated heterocycles. The van der Waals surface area contributed by atoms with Crippen LogP contribution in [0.3, 0.4) is 0 Å². The minimum Gasteiger partial charge on any atom is -0.324 e. The number of nitrogens with zero attached hydrogens (tertiary/aromatic N) is 3. The number of nitrogens with one attached hydrogen (secondary N) is 1. The second-order valence-corrected chi connectivity index (χ2v) is 8.21. The molecule has 0 spiro atoms. The summed E-state index contributed by atoms with van der Waals surface area (Å²) in [5.41, 5.74) is 2.88. The largest absolute Gasteiger partial charge is 0.324 e. The summed E-state index contributed by atoms with van der Waals surface area (Å²) in [4.78, 5) is 17.0. The van der Waals surface area contributed by atoms with Gasteiger partial charge in [0, 0.05) is 18.4 Å². The number of hydrogen-bond acceptors (Lipinski definition) is 3. The van der Waals surface area contributed by atoms with Crippen LogP contribution in [0, 0.1) is 24.2 Å². The molecule has 3 rings (SSSR count). The van der Waals surface area contributed by atoms with Crippen molar-refractivity contribution in [1.29, 1.82) is 0 Å². The van der Waals surface area contributed by atoms with Gasteiger partial charge in [-0.25, -0.2) is 4.98 Å². The van der Waals surface area contributed by atoms with Gasteiger partial charge in [-0.2, -0.15) is 5.10 Å². The van der Waals surface area contributed by atoms with Gasteiger partial charge in [-0.15, -0.1) is 0 Å². The lowest BCUT2D eigenvalue weighted by molar-refractivity contribution is -0.121. The van der Waals surface area contributed by atoms with Crippen molar-refractivity contribution in [3.63, 3.8) is 0 Å². The Morgan fingerprint density at radius 1 is 1.25 bits per heavy atom. The average Bonchev–Trinajstić information content (AvgIpc) is 2.81. The molecule has 24 heavy (non-hydrogen) atoms. The Kier molecular flexibility index (Phi) is 4.37. The number of aromatic nitrogens is 3. The number of carbonyl (C=O) groups excluding carboxylic acids is 1. The first-order chi connectivity index (χ1) is 11.3. The number of hydrogen-bond donors (Lipinski definition) is 1. The maximum absolute atomic E-state index is 12.6. The predicted molar refractivity (Wildman–Crippen MR) is 96.8 cm³/mol. The third kappa shape index (κ3) is 3.30. The average molecular weight is 328 g/mol. The number of pyridine rings is 1. The molecule has 2 aromatic heterocycles. The van der Waals surface area contributed by atoms with Gasteiger partial charge < -0.3 is 5.32 Å². The van der Waals surface area contributed by atoms with Crippen LogP contribution in [-0.4, -0.2) is 20.7 Å². The van der Waals surface area contributed by atoms with Gasteiger partial charge in [-0.1, -0.05) is 20.8 Å². The van der Waals surface area contributed by atoms with Gasteiger partial charge in [0.2, 0.25) is 5.91 Å². The number of aryl methyl sites for hydroxylation is 2. The van der Waals surface area contributed by atoms with Gasteiger partial charge >= 0.3 is 0 Å². The molecule has 1 N–H and O–H groups in total. The lowest BCUT2D eigenvalue weighted by Gasteiger charge is -2.36. The van der Waals surface area contributed by atoms with Crippen molar-refractivity contribution in [2.45, 2.75) is 53.4 Å². The summed E-state index contributed by atoms with van der Waals surface area (Å²) in [5, 5.41) is 8.42. The van der Waals surface area contributed by atoms with E-state index in [2.05, 4.69) is 36.2 Å². The van der Waals surface area contributed by atoms with Crippen molar-refractivity contribution in [3.05, 3.63) is 18.0 Å². The van der Waals surface area contributed by atoms with E-state index < -0.39 is 0 Å². The standard InChI is InChI=1S/C19H28N4O/c1-12-16-10-15(11-20-17(16)23(5)22-12)21-18(24)13-6-8-14(9-7-13)19(2,3)4/h10-11,13-14H,6-9H2,1-5H3,(H,21,24). The molecular weight excluding hydrogens is 300 g/mol. The normalized spacial score (nSPS) is 21.9. The summed E-state index contributed by atoms with van der Waals surface area (Å²) in [7, 11) is 1.88. The Morgan fingerprint density at radius 3 is 2.54 bits per heavy atom. The zero-order valence-electron chi connectivity index (χ0n) is 15.4. The van der Waals surface area contributed by atoms with E-state index in [-0.39, 0.29) is 11.8 Å². The van der Waals surface area contributed by atoms with E-state index in [4.69, 9.17) is 0 Å². The molecule has 1 aliphatic rings. The predicted octanol–water partition coefficient (Wildman–Crippen LogP) is 4.07. The zero-order valence-corrected chi connectivity index (χ0v) is 15.4. The molecule has 0 unspecified atom stereocenters. The Morgan fingerprint density at radius 2 is 1.92 bits per heavy atom. The van der Waals surface area contributed by atoms with E-state index in [1.807, 2.05) is 20.0 Å². The second-order valence-electron chi connectivity index (χ2n) is 8.21. The van der Waals surface area contributed by atoms with Crippen LogP contribution in [0.5, 0.6) is 0 Å². The Balaban J connectivity index is 1.66. The monoisotopic (exact) mass is 328 g/mol. The molecule has 1 aliphatic carbocycles. The third-order valence-electron chi connectivity index (χ3n) is 5.45. The molecule has 1 amide bonds. The van der Waals surface area contributed by atoms with Crippen LogP contribution in [0.1, 0.15) is 52.1 Å². The molecule has 1 saturated carbocycles. The van der Waals surface area contributed by atoms with Crippen LogP contribution >= 0.6 is 0 Å². The van der Waals surface area contributed by atoms with Crippen LogP contribution < -0.4 is 5.32 Å². The first kappa shape index (κ1) is 16.9. The highest BCUT2D eigenvalue weighted by Crippen LogP contribution is 2.40. The van der Waals surface area contributed by atoms with Crippen LogP contribution in [0.2, 0.25) is 0 Å². The van der Waals surface area contributed by atoms with E-state index >= 15 is 0 Å². The molecular formula is C19H28N4O. The molecule has 5 heteroatoms. The fourth-order valence-corrected chi connectivity index (χ4v) is 3.84. The Labute approximate surface area is 143 Å². The number of amides is 1. The molecule has 2 heterocycles. The molecule has 130 valence electrons. The van der Waals surface area contributed by atoms with Crippen molar-refractivity contribution >= 4 is 22.6 Å². The lowest BCUT2D eigenvalue weighted by Crippen LogP contribution is -2.31. The van der Waals surface area contributed by atoms with Gasteiger partial charge in [0.1, 0.15) is 0 Å². The van der Waals surface area contributed by atoms with Crippen LogP contribution in [0.15, 0.2) is 12.3 Å². The molecule has 1 fully saturated rings. The Hall–Kier alpha value is -1.91. The summed E-state index contributed by atoms with van der Waals surface area (Å²) in [6, 6.07) is 1.98. The summed E-state index contributed by atoms with van der Waals surface area (Å²) >= 11 is 0. The summed E-state index contributed by atoms with van der Waals surface area (Å²) in [6.45, 7) is 8.86. The molecule has 5 nitrogen and oxygen atoms in total. The molecule has 2 aromatic rings. The molecule has 0 bridgehead atoms. The molecule has 0 aromatic carbocycles. The topological polar surface area (TPSA) is 59.8 Å².